The van der Waals surface area contributed by atoms with E-state index < -0.39 is 0 Å². The predicted molar refractivity (Wildman–Crippen MR) is 73.2 cm³/mol. The molecule has 1 unspecified atom stereocenters. The first-order valence-corrected chi connectivity index (χ1v) is 6.62. The van der Waals surface area contributed by atoms with Gasteiger partial charge in [0.25, 0.3) is 0 Å². The lowest BCUT2D eigenvalue weighted by Crippen LogP contribution is -2.49. The van der Waals surface area contributed by atoms with Crippen molar-refractivity contribution >= 4 is 29.1 Å². The summed E-state index contributed by atoms with van der Waals surface area (Å²) in [6.45, 7) is 0.373. The Hall–Kier alpha value is -2.37. The van der Waals surface area contributed by atoms with E-state index in [4.69, 9.17) is 0 Å². The Kier molecular flexibility index (Phi) is 3.14. The van der Waals surface area contributed by atoms with Crippen LogP contribution in [0.2, 0.25) is 0 Å². The number of amides is 3. The number of rotatable bonds is 1. The van der Waals surface area contributed by atoms with Crippen LogP contribution in [0.3, 0.4) is 0 Å². The van der Waals surface area contributed by atoms with Crippen LogP contribution in [0.15, 0.2) is 24.3 Å². The van der Waals surface area contributed by atoms with Crippen molar-refractivity contribution in [2.24, 2.45) is 5.92 Å². The minimum Gasteiger partial charge on any atom is -0.355 e. The average Bonchev–Trinajstić information content (AvgIpc) is 2.46. The summed E-state index contributed by atoms with van der Waals surface area (Å²) in [5.41, 5.74) is 1.37. The van der Waals surface area contributed by atoms with Crippen molar-refractivity contribution in [3.8, 4) is 0 Å². The number of anilines is 2. The van der Waals surface area contributed by atoms with E-state index in [1.165, 1.54) is 4.90 Å². The molecule has 2 aliphatic rings. The summed E-state index contributed by atoms with van der Waals surface area (Å²) in [7, 11) is 0. The maximum atomic E-state index is 12.6. The van der Waals surface area contributed by atoms with Crippen molar-refractivity contribution in [1.82, 2.24) is 5.32 Å². The third kappa shape index (κ3) is 2.24. The summed E-state index contributed by atoms with van der Waals surface area (Å²) in [6.07, 6.45) is 0.892. The van der Waals surface area contributed by atoms with Crippen molar-refractivity contribution in [2.75, 3.05) is 23.3 Å². The fourth-order valence-corrected chi connectivity index (χ4v) is 2.59. The number of carbonyl (C=O) groups is 3. The lowest BCUT2D eigenvalue weighted by molar-refractivity contribution is -0.128. The molecular weight excluding hydrogens is 258 g/mol. The summed E-state index contributed by atoms with van der Waals surface area (Å²) in [5, 5.41) is 5.45. The number of nitrogens with one attached hydrogen (secondary N) is 2. The highest BCUT2D eigenvalue weighted by Crippen LogP contribution is 2.30. The smallest absolute Gasteiger partial charge is 0.244 e. The number of piperidine rings is 1. The van der Waals surface area contributed by atoms with Gasteiger partial charge in [-0.2, -0.15) is 0 Å². The summed E-state index contributed by atoms with van der Waals surface area (Å²) in [6, 6.07) is 7.23. The van der Waals surface area contributed by atoms with Crippen LogP contribution in [0.1, 0.15) is 12.8 Å². The summed E-state index contributed by atoms with van der Waals surface area (Å²) in [5.74, 6) is -0.582. The van der Waals surface area contributed by atoms with Gasteiger partial charge < -0.3 is 15.5 Å². The predicted octanol–water partition coefficient (Wildman–Crippen LogP) is 0.498. The molecule has 6 nitrogen and oxygen atoms in total. The van der Waals surface area contributed by atoms with E-state index in [-0.39, 0.29) is 30.2 Å². The van der Waals surface area contributed by atoms with Crippen LogP contribution in [0.5, 0.6) is 0 Å². The van der Waals surface area contributed by atoms with E-state index in [1.807, 2.05) is 18.2 Å². The quantitative estimate of drug-likeness (QED) is 0.782. The molecule has 0 spiro atoms. The fourth-order valence-electron chi connectivity index (χ4n) is 2.59. The molecule has 0 aromatic heterocycles. The van der Waals surface area contributed by atoms with Gasteiger partial charge in [0.1, 0.15) is 6.54 Å². The molecule has 0 saturated carbocycles. The third-order valence-electron chi connectivity index (χ3n) is 3.65. The van der Waals surface area contributed by atoms with Gasteiger partial charge in [-0.3, -0.25) is 14.4 Å². The highest BCUT2D eigenvalue weighted by atomic mass is 16.2. The lowest BCUT2D eigenvalue weighted by atomic mass is 9.97. The second-order valence-corrected chi connectivity index (χ2v) is 5.03. The molecule has 1 aromatic carbocycles. The first-order valence-electron chi connectivity index (χ1n) is 6.62. The van der Waals surface area contributed by atoms with Gasteiger partial charge in [-0.25, -0.2) is 0 Å². The van der Waals surface area contributed by atoms with E-state index in [0.717, 1.165) is 0 Å². The normalized spacial score (nSPS) is 21.8. The molecule has 3 amide bonds. The third-order valence-corrected chi connectivity index (χ3v) is 3.65. The van der Waals surface area contributed by atoms with Crippen molar-refractivity contribution in [2.45, 2.75) is 12.8 Å². The molecule has 1 fully saturated rings. The summed E-state index contributed by atoms with van der Waals surface area (Å²) < 4.78 is 0. The van der Waals surface area contributed by atoms with Crippen molar-refractivity contribution < 1.29 is 14.4 Å². The SMILES string of the molecule is O=C1CCC(C(=O)N2CC(=O)Nc3ccccc32)CN1. The van der Waals surface area contributed by atoms with Crippen molar-refractivity contribution in [1.29, 1.82) is 0 Å². The second kappa shape index (κ2) is 4.96. The largest absolute Gasteiger partial charge is 0.355 e. The molecular formula is C14H15N3O3. The van der Waals surface area contributed by atoms with E-state index >= 15 is 0 Å². The average molecular weight is 273 g/mol. The number of nitrogens with zero attached hydrogens (tertiary/aromatic N) is 1. The Morgan fingerprint density at radius 3 is 2.75 bits per heavy atom. The summed E-state index contributed by atoms with van der Waals surface area (Å²) in [4.78, 5) is 36.9. The Morgan fingerprint density at radius 2 is 2.00 bits per heavy atom. The van der Waals surface area contributed by atoms with Crippen LogP contribution in [-0.4, -0.2) is 30.8 Å². The zero-order valence-corrected chi connectivity index (χ0v) is 10.9. The van der Waals surface area contributed by atoms with Crippen LogP contribution in [-0.2, 0) is 14.4 Å². The molecule has 0 bridgehead atoms. The molecule has 2 N–H and O–H groups in total. The van der Waals surface area contributed by atoms with Gasteiger partial charge in [0.2, 0.25) is 17.7 Å². The molecule has 1 aromatic rings. The van der Waals surface area contributed by atoms with Crippen molar-refractivity contribution in [3.63, 3.8) is 0 Å². The second-order valence-electron chi connectivity index (χ2n) is 5.03. The maximum absolute atomic E-state index is 12.6. The zero-order chi connectivity index (χ0) is 14.1. The first kappa shape index (κ1) is 12.7. The Bertz CT molecular complexity index is 575. The Labute approximate surface area is 116 Å². The zero-order valence-electron chi connectivity index (χ0n) is 10.9. The number of para-hydroxylation sites is 2. The van der Waals surface area contributed by atoms with Gasteiger partial charge in [0.05, 0.1) is 17.3 Å². The first-order chi connectivity index (χ1) is 9.65. The van der Waals surface area contributed by atoms with Crippen LogP contribution < -0.4 is 15.5 Å². The lowest BCUT2D eigenvalue weighted by Gasteiger charge is -2.33. The number of benzene rings is 1. The molecule has 0 radical (unpaired) electrons. The molecule has 3 rings (SSSR count). The number of hydrogen-bond acceptors (Lipinski definition) is 3. The van der Waals surface area contributed by atoms with Gasteiger partial charge in [-0.15, -0.1) is 0 Å². The number of hydrogen-bond donors (Lipinski definition) is 2. The van der Waals surface area contributed by atoms with Crippen LogP contribution in [0.25, 0.3) is 0 Å². The van der Waals surface area contributed by atoms with E-state index in [1.54, 1.807) is 6.07 Å². The highest BCUT2D eigenvalue weighted by molar-refractivity contribution is 6.10. The molecule has 2 aliphatic heterocycles. The monoisotopic (exact) mass is 273 g/mol. The molecule has 1 saturated heterocycles. The topological polar surface area (TPSA) is 78.5 Å². The molecule has 6 heteroatoms. The molecule has 0 aliphatic carbocycles. The van der Waals surface area contributed by atoms with Gasteiger partial charge in [-0.1, -0.05) is 12.1 Å². The van der Waals surface area contributed by atoms with E-state index in [9.17, 15) is 14.4 Å². The Morgan fingerprint density at radius 1 is 1.20 bits per heavy atom. The van der Waals surface area contributed by atoms with Crippen LogP contribution in [0.4, 0.5) is 11.4 Å². The minimum absolute atomic E-state index is 0.0224. The fraction of sp³-hybridized carbons (Fsp3) is 0.357. The van der Waals surface area contributed by atoms with Gasteiger partial charge in [0.15, 0.2) is 0 Å². The minimum atomic E-state index is -0.258. The standard InChI is InChI=1S/C14H15N3O3/c18-12-6-5-9(7-15-12)14(20)17-8-13(19)16-10-3-1-2-4-11(10)17/h1-4,9H,5-8H2,(H,15,18)(H,16,19). The van der Waals surface area contributed by atoms with E-state index in [2.05, 4.69) is 10.6 Å². The van der Waals surface area contributed by atoms with Gasteiger partial charge in [-0.05, 0) is 18.6 Å². The summed E-state index contributed by atoms with van der Waals surface area (Å²) >= 11 is 0. The van der Waals surface area contributed by atoms with Gasteiger partial charge in [0, 0.05) is 13.0 Å². The molecule has 104 valence electrons. The van der Waals surface area contributed by atoms with Crippen molar-refractivity contribution in [3.05, 3.63) is 24.3 Å². The van der Waals surface area contributed by atoms with Crippen LogP contribution >= 0.6 is 0 Å². The van der Waals surface area contributed by atoms with Crippen LogP contribution in [0, 0.1) is 5.92 Å². The maximum Gasteiger partial charge on any atom is 0.244 e. The Balaban J connectivity index is 1.84. The molecule has 1 atom stereocenters. The number of carbonyl (C=O) groups excluding carboxylic acids is 3. The van der Waals surface area contributed by atoms with Gasteiger partial charge >= 0.3 is 0 Å². The molecule has 2 heterocycles. The van der Waals surface area contributed by atoms with E-state index in [0.29, 0.717) is 30.8 Å². The molecule has 20 heavy (non-hydrogen) atoms. The number of fused-ring (bicyclic) bond motifs is 1. The highest BCUT2D eigenvalue weighted by Gasteiger charge is 2.33.